The molecule has 0 aliphatic rings. The molecule has 0 spiro atoms. The van der Waals surface area contributed by atoms with Crippen LogP contribution in [0.15, 0.2) is 17.2 Å². The summed E-state index contributed by atoms with van der Waals surface area (Å²) < 4.78 is 50.2. The number of aromatic nitrogens is 2. The molecular weight excluding hydrogens is 300 g/mol. The van der Waals surface area contributed by atoms with Crippen LogP contribution in [0.5, 0.6) is 0 Å². The summed E-state index contributed by atoms with van der Waals surface area (Å²) in [6.07, 6.45) is 0.983. The Bertz CT molecular complexity index is 814. The van der Waals surface area contributed by atoms with Gasteiger partial charge in [-0.05, 0) is 20.8 Å². The van der Waals surface area contributed by atoms with Gasteiger partial charge in [-0.2, -0.15) is 0 Å². The molecule has 2 aromatic rings. The summed E-state index contributed by atoms with van der Waals surface area (Å²) in [6.45, 7) is 5.45. The van der Waals surface area contributed by atoms with Crippen molar-refractivity contribution in [2.24, 2.45) is 0 Å². The van der Waals surface area contributed by atoms with Crippen LogP contribution in [-0.4, -0.2) is 30.2 Å². The van der Waals surface area contributed by atoms with Crippen LogP contribution in [0.4, 0.5) is 14.6 Å². The molecule has 1 heterocycles. The van der Waals surface area contributed by atoms with E-state index in [4.69, 9.17) is 0 Å². The summed E-state index contributed by atoms with van der Waals surface area (Å²) in [5, 5.41) is 2.62. The molecule has 2 rings (SSSR count). The number of hydrogen-bond acceptors (Lipinski definition) is 5. The van der Waals surface area contributed by atoms with Crippen LogP contribution in [0.2, 0.25) is 0 Å². The van der Waals surface area contributed by atoms with Crippen molar-refractivity contribution in [2.75, 3.05) is 11.6 Å². The van der Waals surface area contributed by atoms with Crippen LogP contribution in [0.25, 0.3) is 11.0 Å². The average Bonchev–Trinajstić information content (AvgIpc) is 2.27. The summed E-state index contributed by atoms with van der Waals surface area (Å²) in [4.78, 5) is 7.98. The molecule has 0 aliphatic carbocycles. The molecule has 114 valence electrons. The zero-order valence-electron chi connectivity index (χ0n) is 12.0. The van der Waals surface area contributed by atoms with E-state index in [0.29, 0.717) is 0 Å². The van der Waals surface area contributed by atoms with E-state index in [9.17, 15) is 17.2 Å². The lowest BCUT2D eigenvalue weighted by Gasteiger charge is -2.22. The zero-order valence-corrected chi connectivity index (χ0v) is 12.8. The van der Waals surface area contributed by atoms with Crippen molar-refractivity contribution >= 4 is 26.7 Å². The van der Waals surface area contributed by atoms with Crippen molar-refractivity contribution in [2.45, 2.75) is 31.3 Å². The van der Waals surface area contributed by atoms with E-state index in [2.05, 4.69) is 15.3 Å². The standard InChI is InChI=1S/C13H15F2N3O2S/c1-13(2,3)18-11-12(21(4,19)20)17-10-6-8(15)7(14)5-9(10)16-11/h5-6H,1-4H3,(H,16,18). The highest BCUT2D eigenvalue weighted by molar-refractivity contribution is 7.90. The lowest BCUT2D eigenvalue weighted by atomic mass is 10.1. The maximum atomic E-state index is 13.3. The predicted molar refractivity (Wildman–Crippen MR) is 75.9 cm³/mol. The van der Waals surface area contributed by atoms with E-state index in [1.54, 1.807) is 0 Å². The second kappa shape index (κ2) is 4.87. The van der Waals surface area contributed by atoms with Gasteiger partial charge in [0.1, 0.15) is 0 Å². The SMILES string of the molecule is CC(C)(C)Nc1nc2cc(F)c(F)cc2nc1S(C)(=O)=O. The van der Waals surface area contributed by atoms with E-state index in [0.717, 1.165) is 18.4 Å². The molecule has 1 N–H and O–H groups in total. The Morgan fingerprint density at radius 3 is 1.95 bits per heavy atom. The van der Waals surface area contributed by atoms with Gasteiger partial charge in [0.2, 0.25) is 0 Å². The Kier molecular flexibility index (Phi) is 3.61. The van der Waals surface area contributed by atoms with Crippen molar-refractivity contribution in [1.29, 1.82) is 0 Å². The van der Waals surface area contributed by atoms with Gasteiger partial charge in [-0.15, -0.1) is 0 Å². The smallest absolute Gasteiger partial charge is 0.198 e. The Morgan fingerprint density at radius 2 is 1.52 bits per heavy atom. The molecule has 0 unspecified atom stereocenters. The molecule has 0 radical (unpaired) electrons. The van der Waals surface area contributed by atoms with Crippen LogP contribution in [-0.2, 0) is 9.84 Å². The van der Waals surface area contributed by atoms with Gasteiger partial charge in [-0.25, -0.2) is 27.2 Å². The van der Waals surface area contributed by atoms with Gasteiger partial charge in [0, 0.05) is 23.9 Å². The molecule has 1 aromatic carbocycles. The minimum Gasteiger partial charge on any atom is -0.363 e. The van der Waals surface area contributed by atoms with Crippen LogP contribution in [0, 0.1) is 11.6 Å². The molecule has 8 heteroatoms. The first-order chi connectivity index (χ1) is 9.47. The molecule has 0 bridgehead atoms. The number of rotatable bonds is 2. The first kappa shape index (κ1) is 15.6. The third kappa shape index (κ3) is 3.44. The number of hydrogen-bond donors (Lipinski definition) is 1. The molecule has 1 aromatic heterocycles. The largest absolute Gasteiger partial charge is 0.363 e. The van der Waals surface area contributed by atoms with Gasteiger partial charge >= 0.3 is 0 Å². The highest BCUT2D eigenvalue weighted by atomic mass is 32.2. The molecule has 0 atom stereocenters. The van der Waals surface area contributed by atoms with E-state index in [1.165, 1.54) is 0 Å². The third-order valence-electron chi connectivity index (χ3n) is 2.52. The number of nitrogens with one attached hydrogen (secondary N) is 1. The summed E-state index contributed by atoms with van der Waals surface area (Å²) in [6, 6.07) is 1.71. The van der Waals surface area contributed by atoms with Crippen molar-refractivity contribution in [3.05, 3.63) is 23.8 Å². The van der Waals surface area contributed by atoms with Gasteiger partial charge in [-0.1, -0.05) is 0 Å². The highest BCUT2D eigenvalue weighted by Gasteiger charge is 2.22. The summed E-state index contributed by atoms with van der Waals surface area (Å²) >= 11 is 0. The van der Waals surface area contributed by atoms with Gasteiger partial charge < -0.3 is 5.32 Å². The number of benzene rings is 1. The molecule has 0 saturated heterocycles. The molecule has 5 nitrogen and oxygen atoms in total. The molecule has 0 amide bonds. The van der Waals surface area contributed by atoms with Crippen LogP contribution < -0.4 is 5.32 Å². The monoisotopic (exact) mass is 315 g/mol. The van der Waals surface area contributed by atoms with Crippen LogP contribution in [0.1, 0.15) is 20.8 Å². The lowest BCUT2D eigenvalue weighted by Crippen LogP contribution is -2.28. The average molecular weight is 315 g/mol. The Balaban J connectivity index is 2.78. The summed E-state index contributed by atoms with van der Waals surface area (Å²) in [5.41, 5.74) is -0.415. The Hall–Kier alpha value is -1.83. The molecule has 0 fully saturated rings. The lowest BCUT2D eigenvalue weighted by molar-refractivity contribution is 0.510. The second-order valence-corrected chi connectivity index (χ2v) is 7.71. The molecule has 0 aliphatic heterocycles. The van der Waals surface area contributed by atoms with Gasteiger partial charge in [0.25, 0.3) is 0 Å². The van der Waals surface area contributed by atoms with E-state index in [1.807, 2.05) is 20.8 Å². The van der Waals surface area contributed by atoms with Crippen LogP contribution in [0.3, 0.4) is 0 Å². The number of anilines is 1. The topological polar surface area (TPSA) is 72.0 Å². The van der Waals surface area contributed by atoms with Crippen molar-refractivity contribution in [3.63, 3.8) is 0 Å². The van der Waals surface area contributed by atoms with Gasteiger partial charge in [0.15, 0.2) is 32.3 Å². The fourth-order valence-electron chi connectivity index (χ4n) is 1.73. The van der Waals surface area contributed by atoms with Crippen LogP contribution >= 0.6 is 0 Å². The Morgan fingerprint density at radius 1 is 1.05 bits per heavy atom. The quantitative estimate of drug-likeness (QED) is 0.922. The summed E-state index contributed by atoms with van der Waals surface area (Å²) in [7, 11) is -3.67. The van der Waals surface area contributed by atoms with Gasteiger partial charge in [0.05, 0.1) is 11.0 Å². The van der Waals surface area contributed by atoms with Crippen molar-refractivity contribution in [3.8, 4) is 0 Å². The molecule has 21 heavy (non-hydrogen) atoms. The number of fused-ring (bicyclic) bond motifs is 1. The predicted octanol–water partition coefficient (Wildman–Crippen LogP) is 2.52. The minimum absolute atomic E-state index is 0.0171. The normalized spacial score (nSPS) is 12.7. The third-order valence-corrected chi connectivity index (χ3v) is 3.51. The van der Waals surface area contributed by atoms with E-state index < -0.39 is 27.0 Å². The highest BCUT2D eigenvalue weighted by Crippen LogP contribution is 2.25. The fraction of sp³-hybridized carbons (Fsp3) is 0.385. The Labute approximate surface area is 121 Å². The molecular formula is C13H15F2N3O2S. The van der Waals surface area contributed by atoms with Crippen molar-refractivity contribution < 1.29 is 17.2 Å². The van der Waals surface area contributed by atoms with Crippen molar-refractivity contribution in [1.82, 2.24) is 9.97 Å². The zero-order chi connectivity index (χ0) is 16.0. The number of halogens is 2. The first-order valence-corrected chi connectivity index (χ1v) is 8.01. The van der Waals surface area contributed by atoms with E-state index >= 15 is 0 Å². The van der Waals surface area contributed by atoms with E-state index in [-0.39, 0.29) is 21.9 Å². The maximum Gasteiger partial charge on any atom is 0.198 e. The molecule has 0 saturated carbocycles. The second-order valence-electron chi connectivity index (χ2n) is 5.78. The first-order valence-electron chi connectivity index (χ1n) is 6.12. The minimum atomic E-state index is -3.67. The maximum absolute atomic E-state index is 13.3. The number of nitrogens with zero attached hydrogens (tertiary/aromatic N) is 2. The fourth-order valence-corrected chi connectivity index (χ4v) is 2.44. The summed E-state index contributed by atoms with van der Waals surface area (Å²) in [5.74, 6) is -2.15. The van der Waals surface area contributed by atoms with Gasteiger partial charge in [-0.3, -0.25) is 0 Å². The number of sulfone groups is 1.